The number of anilines is 1. The SMILES string of the molecule is Cc1ccc(NC(=O)C[NH+](C)Cc2cc(=O)n3ccsc3n2)cc1. The zero-order chi connectivity index (χ0) is 17.1. The number of benzene rings is 1. The molecule has 0 radical (unpaired) electrons. The number of carbonyl (C=O) groups is 1. The number of likely N-dealkylation sites (N-methyl/N-ethyl adjacent to an activating group) is 1. The second kappa shape index (κ2) is 6.94. The molecule has 24 heavy (non-hydrogen) atoms. The fourth-order valence-corrected chi connectivity index (χ4v) is 3.20. The molecule has 1 amide bonds. The molecule has 6 nitrogen and oxygen atoms in total. The molecule has 0 aliphatic heterocycles. The molecule has 124 valence electrons. The van der Waals surface area contributed by atoms with Crippen LogP contribution in [0.4, 0.5) is 5.69 Å². The first kappa shape index (κ1) is 16.4. The van der Waals surface area contributed by atoms with E-state index < -0.39 is 0 Å². The average molecular weight is 343 g/mol. The molecule has 2 N–H and O–H groups in total. The lowest BCUT2D eigenvalue weighted by atomic mass is 10.2. The highest BCUT2D eigenvalue weighted by molar-refractivity contribution is 7.15. The van der Waals surface area contributed by atoms with Gasteiger partial charge in [-0.25, -0.2) is 4.98 Å². The van der Waals surface area contributed by atoms with Crippen molar-refractivity contribution < 1.29 is 9.69 Å². The fraction of sp³-hybridized carbons (Fsp3) is 0.235. The van der Waals surface area contributed by atoms with Crippen molar-refractivity contribution in [2.45, 2.75) is 13.5 Å². The molecule has 0 bridgehead atoms. The largest absolute Gasteiger partial charge is 0.325 e. The quantitative estimate of drug-likeness (QED) is 0.717. The van der Waals surface area contributed by atoms with E-state index in [0.29, 0.717) is 23.7 Å². The van der Waals surface area contributed by atoms with Gasteiger partial charge in [0.15, 0.2) is 11.5 Å². The van der Waals surface area contributed by atoms with Crippen LogP contribution in [0.1, 0.15) is 11.3 Å². The Morgan fingerprint density at radius 3 is 2.83 bits per heavy atom. The van der Waals surface area contributed by atoms with E-state index in [1.807, 2.05) is 43.6 Å². The molecule has 0 spiro atoms. The van der Waals surface area contributed by atoms with Gasteiger partial charge in [0.1, 0.15) is 12.2 Å². The van der Waals surface area contributed by atoms with Crippen LogP contribution in [-0.4, -0.2) is 28.9 Å². The molecule has 0 fully saturated rings. The lowest BCUT2D eigenvalue weighted by Crippen LogP contribution is -3.08. The Labute approximate surface area is 143 Å². The monoisotopic (exact) mass is 343 g/mol. The summed E-state index contributed by atoms with van der Waals surface area (Å²) in [6.07, 6.45) is 1.71. The minimum atomic E-state index is -0.0897. The molecular weight excluding hydrogens is 324 g/mol. The lowest BCUT2D eigenvalue weighted by Gasteiger charge is -2.13. The second-order valence-electron chi connectivity index (χ2n) is 5.87. The van der Waals surface area contributed by atoms with Crippen LogP contribution < -0.4 is 15.8 Å². The van der Waals surface area contributed by atoms with E-state index in [1.165, 1.54) is 21.8 Å². The number of quaternary nitrogens is 1. The van der Waals surface area contributed by atoms with E-state index in [4.69, 9.17) is 0 Å². The van der Waals surface area contributed by atoms with Gasteiger partial charge in [-0.3, -0.25) is 14.0 Å². The molecule has 0 aliphatic rings. The second-order valence-corrected chi connectivity index (χ2v) is 6.74. The Balaban J connectivity index is 1.61. The molecular formula is C17H19N4O2S+. The summed E-state index contributed by atoms with van der Waals surface area (Å²) >= 11 is 1.42. The van der Waals surface area contributed by atoms with Gasteiger partial charge in [0.2, 0.25) is 0 Å². The fourth-order valence-electron chi connectivity index (χ4n) is 2.47. The van der Waals surface area contributed by atoms with Crippen LogP contribution in [-0.2, 0) is 11.3 Å². The third-order valence-corrected chi connectivity index (χ3v) is 4.39. The van der Waals surface area contributed by atoms with Crippen molar-refractivity contribution in [3.8, 4) is 0 Å². The normalized spacial score (nSPS) is 12.2. The Morgan fingerprint density at radius 2 is 2.08 bits per heavy atom. The predicted molar refractivity (Wildman–Crippen MR) is 94.6 cm³/mol. The number of hydrogen-bond acceptors (Lipinski definition) is 4. The van der Waals surface area contributed by atoms with Gasteiger partial charge in [0, 0.05) is 23.3 Å². The maximum Gasteiger partial charge on any atom is 0.279 e. The van der Waals surface area contributed by atoms with Crippen LogP contribution in [0.15, 0.2) is 46.7 Å². The van der Waals surface area contributed by atoms with E-state index in [2.05, 4.69) is 10.3 Å². The summed E-state index contributed by atoms with van der Waals surface area (Å²) in [5.41, 5.74) is 2.54. The van der Waals surface area contributed by atoms with Crippen molar-refractivity contribution in [1.29, 1.82) is 0 Å². The number of aromatic nitrogens is 2. The number of rotatable bonds is 5. The van der Waals surface area contributed by atoms with Crippen molar-refractivity contribution in [3.63, 3.8) is 0 Å². The van der Waals surface area contributed by atoms with Crippen LogP contribution >= 0.6 is 11.3 Å². The topological polar surface area (TPSA) is 67.9 Å². The summed E-state index contributed by atoms with van der Waals surface area (Å²) < 4.78 is 1.52. The van der Waals surface area contributed by atoms with Gasteiger partial charge in [0.25, 0.3) is 11.5 Å². The minimum Gasteiger partial charge on any atom is -0.325 e. The Morgan fingerprint density at radius 1 is 1.33 bits per heavy atom. The van der Waals surface area contributed by atoms with E-state index in [0.717, 1.165) is 16.2 Å². The molecule has 1 unspecified atom stereocenters. The van der Waals surface area contributed by atoms with Crippen LogP contribution in [0.25, 0.3) is 4.96 Å². The molecule has 1 atom stereocenters. The number of hydrogen-bond donors (Lipinski definition) is 2. The maximum absolute atomic E-state index is 12.1. The van der Waals surface area contributed by atoms with Crippen LogP contribution in [0.5, 0.6) is 0 Å². The molecule has 0 saturated carbocycles. The zero-order valence-corrected chi connectivity index (χ0v) is 14.4. The van der Waals surface area contributed by atoms with Gasteiger partial charge in [-0.2, -0.15) is 0 Å². The average Bonchev–Trinajstić information content (AvgIpc) is 2.98. The number of carbonyl (C=O) groups excluding carboxylic acids is 1. The van der Waals surface area contributed by atoms with Crippen molar-refractivity contribution in [3.05, 3.63) is 63.5 Å². The van der Waals surface area contributed by atoms with Crippen molar-refractivity contribution >= 4 is 27.9 Å². The van der Waals surface area contributed by atoms with Gasteiger partial charge >= 0.3 is 0 Å². The third-order valence-electron chi connectivity index (χ3n) is 3.64. The number of fused-ring (bicyclic) bond motifs is 1. The first-order chi connectivity index (χ1) is 11.5. The summed E-state index contributed by atoms with van der Waals surface area (Å²) in [5, 5.41) is 4.71. The summed E-state index contributed by atoms with van der Waals surface area (Å²) in [6, 6.07) is 9.21. The van der Waals surface area contributed by atoms with Gasteiger partial charge in [-0.05, 0) is 19.1 Å². The van der Waals surface area contributed by atoms with Crippen LogP contribution in [0, 0.1) is 6.92 Å². The molecule has 0 saturated heterocycles. The number of thiazole rings is 1. The number of nitrogens with zero attached hydrogens (tertiary/aromatic N) is 2. The molecule has 3 aromatic rings. The first-order valence-corrected chi connectivity index (χ1v) is 8.53. The maximum atomic E-state index is 12.1. The summed E-state index contributed by atoms with van der Waals surface area (Å²) in [5.74, 6) is -0.0646. The predicted octanol–water partition coefficient (Wildman–Crippen LogP) is 0.718. The van der Waals surface area contributed by atoms with E-state index in [1.54, 1.807) is 6.20 Å². The third kappa shape index (κ3) is 3.87. The lowest BCUT2D eigenvalue weighted by molar-refractivity contribution is -0.885. The Hall–Kier alpha value is -2.51. The molecule has 7 heteroatoms. The molecule has 2 aromatic heterocycles. The highest BCUT2D eigenvalue weighted by Crippen LogP contribution is 2.08. The van der Waals surface area contributed by atoms with Crippen molar-refractivity contribution in [2.75, 3.05) is 18.9 Å². The van der Waals surface area contributed by atoms with Crippen LogP contribution in [0.3, 0.4) is 0 Å². The van der Waals surface area contributed by atoms with Crippen LogP contribution in [0.2, 0.25) is 0 Å². The summed E-state index contributed by atoms with van der Waals surface area (Å²) in [6.45, 7) is 2.83. The van der Waals surface area contributed by atoms with Crippen molar-refractivity contribution in [1.82, 2.24) is 9.38 Å². The highest BCUT2D eigenvalue weighted by Gasteiger charge is 2.13. The minimum absolute atomic E-state index is 0.0646. The van der Waals surface area contributed by atoms with Gasteiger partial charge in [-0.15, -0.1) is 11.3 Å². The number of aryl methyl sites for hydroxylation is 1. The summed E-state index contributed by atoms with van der Waals surface area (Å²) in [4.78, 5) is 30.2. The van der Waals surface area contributed by atoms with Gasteiger partial charge < -0.3 is 10.2 Å². The number of nitrogens with one attached hydrogen (secondary N) is 2. The first-order valence-electron chi connectivity index (χ1n) is 7.65. The Bertz CT molecular complexity index is 914. The smallest absolute Gasteiger partial charge is 0.279 e. The zero-order valence-electron chi connectivity index (χ0n) is 13.6. The molecule has 1 aromatic carbocycles. The van der Waals surface area contributed by atoms with E-state index >= 15 is 0 Å². The van der Waals surface area contributed by atoms with E-state index in [9.17, 15) is 9.59 Å². The standard InChI is InChI=1S/C17H18N4O2S/c1-12-3-5-13(6-4-12)18-15(22)11-20(2)10-14-9-16(23)21-7-8-24-17(21)19-14/h3-9H,10-11H2,1-2H3,(H,18,22)/p+1. The Kier molecular flexibility index (Phi) is 4.73. The van der Waals surface area contributed by atoms with Gasteiger partial charge in [-0.1, -0.05) is 17.7 Å². The van der Waals surface area contributed by atoms with Gasteiger partial charge in [0.05, 0.1) is 7.05 Å². The summed E-state index contributed by atoms with van der Waals surface area (Å²) in [7, 11) is 1.91. The number of amides is 1. The highest BCUT2D eigenvalue weighted by atomic mass is 32.1. The van der Waals surface area contributed by atoms with Crippen molar-refractivity contribution in [2.24, 2.45) is 0 Å². The molecule has 3 rings (SSSR count). The van der Waals surface area contributed by atoms with E-state index in [-0.39, 0.29) is 11.5 Å². The molecule has 0 aliphatic carbocycles. The molecule has 2 heterocycles.